The molecule has 1 atom stereocenters. The number of hydroxylamine groups is 1. The molecule has 0 aliphatic carbocycles. The molecule has 6 nitrogen and oxygen atoms in total. The zero-order valence-electron chi connectivity index (χ0n) is 15.9. The molecule has 0 saturated carbocycles. The molecule has 1 aromatic heterocycles. The van der Waals surface area contributed by atoms with Crippen molar-refractivity contribution in [2.45, 2.75) is 32.7 Å². The van der Waals surface area contributed by atoms with Crippen LogP contribution in [0.3, 0.4) is 0 Å². The SMILES string of the molecule is C=CCONC(=C)c1ccc(-n2c(O)c(C(C)CC)n(CC=C)c2=O)cc1. The van der Waals surface area contributed by atoms with Crippen LogP contribution in [0.4, 0.5) is 0 Å². The third-order valence-corrected chi connectivity index (χ3v) is 4.42. The molecule has 2 N–H and O–H groups in total. The van der Waals surface area contributed by atoms with Crippen LogP contribution in [0.1, 0.15) is 37.4 Å². The van der Waals surface area contributed by atoms with E-state index in [9.17, 15) is 9.90 Å². The number of aromatic hydroxyl groups is 1. The molecular formula is C21H27N3O3. The van der Waals surface area contributed by atoms with Gasteiger partial charge in [-0.1, -0.05) is 44.7 Å². The lowest BCUT2D eigenvalue weighted by molar-refractivity contribution is 0.104. The highest BCUT2D eigenvalue weighted by Gasteiger charge is 2.23. The molecule has 144 valence electrons. The lowest BCUT2D eigenvalue weighted by Crippen LogP contribution is -2.24. The van der Waals surface area contributed by atoms with Crippen LogP contribution < -0.4 is 11.2 Å². The largest absolute Gasteiger partial charge is 0.493 e. The first-order chi connectivity index (χ1) is 13.0. The van der Waals surface area contributed by atoms with E-state index >= 15 is 0 Å². The van der Waals surface area contributed by atoms with Gasteiger partial charge in [0.1, 0.15) is 0 Å². The van der Waals surface area contributed by atoms with Crippen LogP contribution in [-0.4, -0.2) is 20.8 Å². The van der Waals surface area contributed by atoms with Crippen LogP contribution in [0.25, 0.3) is 11.4 Å². The first-order valence-corrected chi connectivity index (χ1v) is 8.89. The van der Waals surface area contributed by atoms with Gasteiger partial charge in [0.2, 0.25) is 5.88 Å². The minimum Gasteiger partial charge on any atom is -0.493 e. The van der Waals surface area contributed by atoms with Gasteiger partial charge in [-0.15, -0.1) is 13.2 Å². The molecule has 0 amide bonds. The van der Waals surface area contributed by atoms with Gasteiger partial charge in [-0.3, -0.25) is 14.9 Å². The summed E-state index contributed by atoms with van der Waals surface area (Å²) in [5.74, 6) is 0.0133. The Morgan fingerprint density at radius 2 is 1.96 bits per heavy atom. The van der Waals surface area contributed by atoms with Crippen molar-refractivity contribution in [3.8, 4) is 11.6 Å². The minimum absolute atomic E-state index is 0.0322. The minimum atomic E-state index is -0.290. The molecule has 0 aliphatic heterocycles. The summed E-state index contributed by atoms with van der Waals surface area (Å²) in [7, 11) is 0. The van der Waals surface area contributed by atoms with Crippen LogP contribution in [0.2, 0.25) is 0 Å². The number of hydrogen-bond acceptors (Lipinski definition) is 4. The Labute approximate surface area is 159 Å². The molecule has 1 unspecified atom stereocenters. The first-order valence-electron chi connectivity index (χ1n) is 8.89. The van der Waals surface area contributed by atoms with E-state index < -0.39 is 0 Å². The fourth-order valence-corrected chi connectivity index (χ4v) is 2.83. The van der Waals surface area contributed by atoms with E-state index in [4.69, 9.17) is 4.84 Å². The number of imidazole rings is 1. The monoisotopic (exact) mass is 369 g/mol. The Kier molecular flexibility index (Phi) is 6.85. The Morgan fingerprint density at radius 1 is 1.30 bits per heavy atom. The second kappa shape index (κ2) is 9.09. The van der Waals surface area contributed by atoms with Crippen LogP contribution >= 0.6 is 0 Å². The summed E-state index contributed by atoms with van der Waals surface area (Å²) in [6, 6.07) is 7.13. The Hall–Kier alpha value is -2.99. The molecule has 0 fully saturated rings. The molecule has 1 aromatic carbocycles. The predicted octanol–water partition coefficient (Wildman–Crippen LogP) is 3.72. The zero-order valence-corrected chi connectivity index (χ0v) is 15.9. The molecule has 2 rings (SSSR count). The molecule has 0 spiro atoms. The molecule has 6 heteroatoms. The third-order valence-electron chi connectivity index (χ3n) is 4.42. The lowest BCUT2D eigenvalue weighted by Gasteiger charge is -2.11. The van der Waals surface area contributed by atoms with Gasteiger partial charge in [0.25, 0.3) is 0 Å². The Balaban J connectivity index is 2.41. The summed E-state index contributed by atoms with van der Waals surface area (Å²) in [5, 5.41) is 10.7. The molecule has 2 aromatic rings. The highest BCUT2D eigenvalue weighted by Crippen LogP contribution is 2.29. The number of rotatable bonds is 10. The van der Waals surface area contributed by atoms with Crippen molar-refractivity contribution in [2.24, 2.45) is 0 Å². The maximum atomic E-state index is 12.9. The predicted molar refractivity (Wildman–Crippen MR) is 109 cm³/mol. The summed E-state index contributed by atoms with van der Waals surface area (Å²) in [6.45, 7) is 15.9. The van der Waals surface area contributed by atoms with E-state index in [1.807, 2.05) is 26.0 Å². The average molecular weight is 369 g/mol. The average Bonchev–Trinajstić information content (AvgIpc) is 2.92. The summed E-state index contributed by atoms with van der Waals surface area (Å²) in [4.78, 5) is 18.0. The molecule has 1 heterocycles. The lowest BCUT2D eigenvalue weighted by atomic mass is 10.1. The fourth-order valence-electron chi connectivity index (χ4n) is 2.83. The van der Waals surface area contributed by atoms with Crippen LogP contribution in [-0.2, 0) is 11.4 Å². The second-order valence-electron chi connectivity index (χ2n) is 6.26. The smallest absolute Gasteiger partial charge is 0.336 e. The summed E-state index contributed by atoms with van der Waals surface area (Å²) >= 11 is 0. The molecule has 0 bridgehead atoms. The quantitative estimate of drug-likeness (QED) is 0.380. The summed E-state index contributed by atoms with van der Waals surface area (Å²) in [5.41, 5.74) is 5.04. The van der Waals surface area contributed by atoms with Gasteiger partial charge in [-0.05, 0) is 24.1 Å². The summed E-state index contributed by atoms with van der Waals surface area (Å²) < 4.78 is 2.88. The van der Waals surface area contributed by atoms with Crippen molar-refractivity contribution in [3.63, 3.8) is 0 Å². The normalized spacial score (nSPS) is 11.8. The van der Waals surface area contributed by atoms with E-state index in [0.29, 0.717) is 30.2 Å². The Morgan fingerprint density at radius 3 is 2.52 bits per heavy atom. The van der Waals surface area contributed by atoms with Crippen molar-refractivity contribution < 1.29 is 9.94 Å². The maximum Gasteiger partial charge on any atom is 0.336 e. The van der Waals surface area contributed by atoms with E-state index in [1.165, 1.54) is 4.57 Å². The number of nitrogens with zero attached hydrogens (tertiary/aromatic N) is 2. The first kappa shape index (κ1) is 20.3. The molecule has 27 heavy (non-hydrogen) atoms. The number of aromatic nitrogens is 2. The highest BCUT2D eigenvalue weighted by atomic mass is 16.6. The van der Waals surface area contributed by atoms with E-state index in [-0.39, 0.29) is 17.5 Å². The molecule has 0 saturated heterocycles. The highest BCUT2D eigenvalue weighted by molar-refractivity contribution is 5.62. The number of nitrogens with one attached hydrogen (secondary N) is 1. The van der Waals surface area contributed by atoms with Gasteiger partial charge in [0.05, 0.1) is 23.7 Å². The van der Waals surface area contributed by atoms with Gasteiger partial charge >= 0.3 is 5.69 Å². The van der Waals surface area contributed by atoms with Crippen molar-refractivity contribution >= 4 is 5.70 Å². The zero-order chi connectivity index (χ0) is 20.0. The van der Waals surface area contributed by atoms with Crippen LogP contribution in [0.5, 0.6) is 5.88 Å². The number of hydrogen-bond donors (Lipinski definition) is 2. The third kappa shape index (κ3) is 4.23. The van der Waals surface area contributed by atoms with E-state index in [0.717, 1.165) is 12.0 Å². The standard InChI is InChI=1S/C21H27N3O3/c1-6-13-23-19(15(4)8-3)20(25)24(21(23)26)18-11-9-17(10-12-18)16(5)22-27-14-7-2/h6-7,9-12,15,22,25H,1-2,5,8,13-14H2,3-4H3. The van der Waals surface area contributed by atoms with Crippen LogP contribution in [0.15, 0.2) is 60.9 Å². The van der Waals surface area contributed by atoms with Gasteiger partial charge in [0.15, 0.2) is 0 Å². The van der Waals surface area contributed by atoms with Crippen molar-refractivity contribution in [3.05, 3.63) is 77.9 Å². The van der Waals surface area contributed by atoms with Gasteiger partial charge in [0, 0.05) is 12.5 Å². The van der Waals surface area contributed by atoms with Crippen molar-refractivity contribution in [1.29, 1.82) is 0 Å². The van der Waals surface area contributed by atoms with E-state index in [1.54, 1.807) is 28.9 Å². The van der Waals surface area contributed by atoms with Gasteiger partial charge in [-0.25, -0.2) is 9.36 Å². The Bertz CT molecular complexity index is 875. The molecule has 0 radical (unpaired) electrons. The topological polar surface area (TPSA) is 68.4 Å². The van der Waals surface area contributed by atoms with E-state index in [2.05, 4.69) is 25.2 Å². The fraction of sp³-hybridized carbons (Fsp3) is 0.286. The van der Waals surface area contributed by atoms with Gasteiger partial charge < -0.3 is 5.11 Å². The number of benzene rings is 1. The number of allylic oxidation sites excluding steroid dienone is 1. The molecule has 0 aliphatic rings. The van der Waals surface area contributed by atoms with Gasteiger partial charge in [-0.2, -0.15) is 0 Å². The van der Waals surface area contributed by atoms with Crippen molar-refractivity contribution in [1.82, 2.24) is 14.6 Å². The molecular weight excluding hydrogens is 342 g/mol. The van der Waals surface area contributed by atoms with Crippen LogP contribution in [0, 0.1) is 0 Å². The van der Waals surface area contributed by atoms with Crippen molar-refractivity contribution in [2.75, 3.05) is 6.61 Å². The second-order valence-corrected chi connectivity index (χ2v) is 6.26. The maximum absolute atomic E-state index is 12.9. The summed E-state index contributed by atoms with van der Waals surface area (Å²) in [6.07, 6.45) is 4.09.